The molecule has 0 aromatic heterocycles. The Bertz CT molecular complexity index is 605. The van der Waals surface area contributed by atoms with E-state index in [2.05, 4.69) is 5.32 Å². The highest BCUT2D eigenvalue weighted by Gasteiger charge is 2.25. The van der Waals surface area contributed by atoms with Gasteiger partial charge in [0.1, 0.15) is 6.54 Å². The van der Waals surface area contributed by atoms with Crippen LogP contribution in [0.5, 0.6) is 0 Å². The van der Waals surface area contributed by atoms with E-state index in [0.29, 0.717) is 13.1 Å². The molecule has 0 unspecified atom stereocenters. The number of aromatic carboxylic acids is 1. The first-order valence-corrected chi connectivity index (χ1v) is 7.29. The quantitative estimate of drug-likeness (QED) is 0.729. The molecule has 7 nitrogen and oxygen atoms in total. The van der Waals surface area contributed by atoms with Gasteiger partial charge in [0.2, 0.25) is 5.91 Å². The van der Waals surface area contributed by atoms with Gasteiger partial charge in [0, 0.05) is 23.7 Å². The molecule has 0 spiro atoms. The number of nitrogens with zero attached hydrogens (tertiary/aromatic N) is 2. The van der Waals surface area contributed by atoms with Gasteiger partial charge in [-0.3, -0.25) is 4.79 Å². The maximum absolute atomic E-state index is 12.1. The summed E-state index contributed by atoms with van der Waals surface area (Å²) in [5, 5.41) is 11.7. The lowest BCUT2D eigenvalue weighted by molar-refractivity contribution is -0.133. The Morgan fingerprint density at radius 1 is 1.33 bits per heavy atom. The van der Waals surface area contributed by atoms with Crippen LogP contribution in [0.2, 0.25) is 0 Å². The number of benzene rings is 1. The number of likely N-dealkylation sites (N-methyl/N-ethyl adjacent to an activating group) is 1. The fourth-order valence-electron chi connectivity index (χ4n) is 1.93. The van der Waals surface area contributed by atoms with Crippen molar-refractivity contribution in [2.45, 2.75) is 0 Å². The third-order valence-electron chi connectivity index (χ3n) is 3.20. The topological polar surface area (TPSA) is 89.9 Å². The average molecular weight is 403 g/mol. The summed E-state index contributed by atoms with van der Waals surface area (Å²) in [4.78, 5) is 37.8. The minimum atomic E-state index is -1.11. The lowest BCUT2D eigenvalue weighted by atomic mass is 10.2. The minimum Gasteiger partial charge on any atom is -0.478 e. The molecule has 1 aliphatic heterocycles. The largest absolute Gasteiger partial charge is 0.478 e. The standard InChI is InChI=1S/C13H14IN3O4/c1-16-4-5-17(7-11(16)18)13(21)15-10-3-2-8(14)6-9(10)12(19)20/h2-3,6H,4-5,7H2,1H3,(H,15,21)(H,19,20). The van der Waals surface area contributed by atoms with Crippen LogP contribution in [-0.4, -0.2) is 59.5 Å². The van der Waals surface area contributed by atoms with Crippen LogP contribution in [0.4, 0.5) is 10.5 Å². The van der Waals surface area contributed by atoms with E-state index >= 15 is 0 Å². The Hall–Kier alpha value is -1.84. The zero-order valence-electron chi connectivity index (χ0n) is 11.3. The first-order valence-electron chi connectivity index (χ1n) is 6.21. The SMILES string of the molecule is CN1CCN(C(=O)Nc2ccc(I)cc2C(=O)O)CC1=O. The zero-order valence-corrected chi connectivity index (χ0v) is 13.5. The van der Waals surface area contributed by atoms with Crippen molar-refractivity contribution in [1.82, 2.24) is 9.80 Å². The Morgan fingerprint density at radius 2 is 2.05 bits per heavy atom. The zero-order chi connectivity index (χ0) is 15.6. The predicted octanol–water partition coefficient (Wildman–Crippen LogP) is 1.30. The number of carbonyl (C=O) groups excluding carboxylic acids is 2. The van der Waals surface area contributed by atoms with Gasteiger partial charge >= 0.3 is 12.0 Å². The van der Waals surface area contributed by atoms with Crippen molar-refractivity contribution < 1.29 is 19.5 Å². The molecule has 0 saturated carbocycles. The molecule has 0 atom stereocenters. The number of halogens is 1. The maximum Gasteiger partial charge on any atom is 0.337 e. The number of hydrogen-bond donors (Lipinski definition) is 2. The predicted molar refractivity (Wildman–Crippen MR) is 84.3 cm³/mol. The number of hydrogen-bond acceptors (Lipinski definition) is 3. The third kappa shape index (κ3) is 3.63. The molecule has 0 radical (unpaired) electrons. The van der Waals surface area contributed by atoms with Crippen molar-refractivity contribution in [2.24, 2.45) is 0 Å². The highest BCUT2D eigenvalue weighted by atomic mass is 127. The summed E-state index contributed by atoms with van der Waals surface area (Å²) in [6.07, 6.45) is 0. The van der Waals surface area contributed by atoms with Crippen molar-refractivity contribution in [2.75, 3.05) is 32.0 Å². The number of carbonyl (C=O) groups is 3. The van der Waals surface area contributed by atoms with Crippen molar-refractivity contribution in [3.8, 4) is 0 Å². The first-order chi connectivity index (χ1) is 9.88. The second-order valence-corrected chi connectivity index (χ2v) is 5.91. The molecule has 1 fully saturated rings. The molecule has 2 N–H and O–H groups in total. The molecule has 1 heterocycles. The molecule has 3 amide bonds. The summed E-state index contributed by atoms with van der Waals surface area (Å²) in [5.74, 6) is -1.25. The Balaban J connectivity index is 2.13. The van der Waals surface area contributed by atoms with Gasteiger partial charge in [0.05, 0.1) is 11.3 Å². The Labute approximate surface area is 135 Å². The van der Waals surface area contributed by atoms with Gasteiger partial charge in [-0.2, -0.15) is 0 Å². The second kappa shape index (κ2) is 6.29. The summed E-state index contributed by atoms with van der Waals surface area (Å²) in [5.41, 5.74) is 0.245. The van der Waals surface area contributed by atoms with E-state index in [1.807, 2.05) is 22.6 Å². The fraction of sp³-hybridized carbons (Fsp3) is 0.308. The van der Waals surface area contributed by atoms with Crippen molar-refractivity contribution in [3.05, 3.63) is 27.3 Å². The smallest absolute Gasteiger partial charge is 0.337 e. The molecule has 0 aliphatic carbocycles. The van der Waals surface area contributed by atoms with Crippen molar-refractivity contribution in [1.29, 1.82) is 0 Å². The van der Waals surface area contributed by atoms with E-state index in [4.69, 9.17) is 5.11 Å². The van der Waals surface area contributed by atoms with Crippen LogP contribution in [0.3, 0.4) is 0 Å². The first kappa shape index (κ1) is 15.5. The Kier molecular flexibility index (Phi) is 4.66. The van der Waals surface area contributed by atoms with E-state index in [-0.39, 0.29) is 23.7 Å². The number of carboxylic acids is 1. The third-order valence-corrected chi connectivity index (χ3v) is 3.87. The van der Waals surface area contributed by atoms with Crippen molar-refractivity contribution >= 4 is 46.2 Å². The summed E-state index contributed by atoms with van der Waals surface area (Å²) in [6, 6.07) is 4.26. The Morgan fingerprint density at radius 3 is 2.67 bits per heavy atom. The number of piperazine rings is 1. The van der Waals surface area contributed by atoms with Gasteiger partial charge in [-0.15, -0.1) is 0 Å². The average Bonchev–Trinajstić information content (AvgIpc) is 2.43. The van der Waals surface area contributed by atoms with Crippen LogP contribution >= 0.6 is 22.6 Å². The summed E-state index contributed by atoms with van der Waals surface area (Å²) < 4.78 is 0.762. The molecule has 0 bridgehead atoms. The van der Waals surface area contributed by atoms with Crippen LogP contribution < -0.4 is 5.32 Å². The molecule has 1 aromatic carbocycles. The van der Waals surface area contributed by atoms with Gasteiger partial charge in [0.15, 0.2) is 0 Å². The van der Waals surface area contributed by atoms with Gasteiger partial charge in [-0.05, 0) is 40.8 Å². The van der Waals surface area contributed by atoms with Crippen LogP contribution in [0.15, 0.2) is 18.2 Å². The van der Waals surface area contributed by atoms with Crippen LogP contribution in [-0.2, 0) is 4.79 Å². The number of rotatable bonds is 2. The molecular formula is C13H14IN3O4. The van der Waals surface area contributed by atoms with E-state index in [0.717, 1.165) is 3.57 Å². The molecular weight excluding hydrogens is 389 g/mol. The highest BCUT2D eigenvalue weighted by Crippen LogP contribution is 2.19. The lowest BCUT2D eigenvalue weighted by Gasteiger charge is -2.32. The van der Waals surface area contributed by atoms with Crippen LogP contribution in [0.25, 0.3) is 0 Å². The number of anilines is 1. The number of urea groups is 1. The van der Waals surface area contributed by atoms with E-state index < -0.39 is 12.0 Å². The molecule has 1 saturated heterocycles. The van der Waals surface area contributed by atoms with E-state index in [1.165, 1.54) is 11.0 Å². The summed E-state index contributed by atoms with van der Waals surface area (Å²) in [7, 11) is 1.68. The van der Waals surface area contributed by atoms with Gasteiger partial charge < -0.3 is 20.2 Å². The molecule has 1 aromatic rings. The maximum atomic E-state index is 12.1. The molecule has 112 valence electrons. The lowest BCUT2D eigenvalue weighted by Crippen LogP contribution is -2.51. The highest BCUT2D eigenvalue weighted by molar-refractivity contribution is 14.1. The minimum absolute atomic E-state index is 0.00486. The van der Waals surface area contributed by atoms with Crippen LogP contribution in [0.1, 0.15) is 10.4 Å². The molecule has 2 rings (SSSR count). The summed E-state index contributed by atoms with van der Waals surface area (Å²) >= 11 is 2.00. The fourth-order valence-corrected chi connectivity index (χ4v) is 2.42. The van der Waals surface area contributed by atoms with E-state index in [9.17, 15) is 14.4 Å². The second-order valence-electron chi connectivity index (χ2n) is 4.66. The molecule has 21 heavy (non-hydrogen) atoms. The van der Waals surface area contributed by atoms with Gasteiger partial charge in [0.25, 0.3) is 0 Å². The summed E-state index contributed by atoms with van der Waals surface area (Å²) in [6.45, 7) is 0.876. The molecule has 8 heteroatoms. The van der Waals surface area contributed by atoms with Crippen molar-refractivity contribution in [3.63, 3.8) is 0 Å². The number of carboxylic acid groups (broad SMARTS) is 1. The number of amides is 3. The molecule has 1 aliphatic rings. The number of nitrogens with one attached hydrogen (secondary N) is 1. The van der Waals surface area contributed by atoms with Crippen LogP contribution in [0, 0.1) is 3.57 Å². The van der Waals surface area contributed by atoms with Gasteiger partial charge in [-0.1, -0.05) is 0 Å². The normalized spacial score (nSPS) is 15.0. The monoisotopic (exact) mass is 403 g/mol. The van der Waals surface area contributed by atoms with E-state index in [1.54, 1.807) is 24.1 Å². The van der Waals surface area contributed by atoms with Gasteiger partial charge in [-0.25, -0.2) is 9.59 Å².